The van der Waals surface area contributed by atoms with Crippen molar-refractivity contribution in [2.45, 2.75) is 43.7 Å². The fourth-order valence-electron chi connectivity index (χ4n) is 3.89. The molecule has 3 nitrogen and oxygen atoms in total. The number of aromatic nitrogens is 1. The summed E-state index contributed by atoms with van der Waals surface area (Å²) in [6.07, 6.45) is -1.31. The van der Waals surface area contributed by atoms with Crippen LogP contribution in [-0.4, -0.2) is 23.8 Å². The Bertz CT molecular complexity index is 1350. The van der Waals surface area contributed by atoms with E-state index in [2.05, 4.69) is 42.2 Å². The van der Waals surface area contributed by atoms with Gasteiger partial charge in [0.25, 0.3) is 0 Å². The summed E-state index contributed by atoms with van der Waals surface area (Å²) in [5.41, 5.74) is 4.46. The molecule has 1 aromatic heterocycles. The number of thioether (sulfide) groups is 1. The van der Waals surface area contributed by atoms with Crippen LogP contribution in [0.1, 0.15) is 35.1 Å². The van der Waals surface area contributed by atoms with Crippen LogP contribution in [0.4, 0.5) is 13.2 Å². The second-order valence-electron chi connectivity index (χ2n) is 8.51. The second-order valence-corrected chi connectivity index (χ2v) is 10.7. The third kappa shape index (κ3) is 6.68. The highest BCUT2D eigenvalue weighted by molar-refractivity contribution is 7.99. The van der Waals surface area contributed by atoms with Crippen LogP contribution in [-0.2, 0) is 28.5 Å². The third-order valence-corrected chi connectivity index (χ3v) is 8.08. The monoisotopic (exact) mass is 529 g/mol. The fourth-order valence-corrected chi connectivity index (χ4v) is 5.88. The van der Waals surface area contributed by atoms with Crippen LogP contribution in [0.2, 0.25) is 0 Å². The van der Waals surface area contributed by atoms with Gasteiger partial charge in [-0.3, -0.25) is 4.79 Å². The Morgan fingerprint density at radius 2 is 1.81 bits per heavy atom. The molecule has 0 saturated carbocycles. The SMILES string of the molecule is COC(=O)CCc1ccc(SCCCc2ccc3nc(-c4ccc(C(F)(F)F)cc4)sc3c2)cc1C. The maximum atomic E-state index is 12.8. The number of carbonyl (C=O) groups is 1. The van der Waals surface area contributed by atoms with Crippen molar-refractivity contribution in [3.05, 3.63) is 82.9 Å². The number of rotatable bonds is 9. The Hall–Kier alpha value is -2.84. The lowest BCUT2D eigenvalue weighted by Gasteiger charge is -2.08. The summed E-state index contributed by atoms with van der Waals surface area (Å²) in [6, 6.07) is 17.7. The van der Waals surface area contributed by atoms with Gasteiger partial charge in [-0.25, -0.2) is 4.98 Å². The van der Waals surface area contributed by atoms with Crippen molar-refractivity contribution in [2.24, 2.45) is 0 Å². The number of thiazole rings is 1. The smallest absolute Gasteiger partial charge is 0.416 e. The summed E-state index contributed by atoms with van der Waals surface area (Å²) in [6.45, 7) is 2.07. The standard InChI is InChI=1S/C28H26F3NO2S2/c1-18-16-23(12-8-20(18)9-14-26(33)34-2)35-15-3-4-19-5-13-24-25(17-19)36-27(32-24)21-6-10-22(11-7-21)28(29,30)31/h5-8,10-13,16-17H,3-4,9,14-15H2,1-2H3. The zero-order chi connectivity index (χ0) is 25.7. The van der Waals surface area contributed by atoms with Gasteiger partial charge in [-0.15, -0.1) is 23.1 Å². The van der Waals surface area contributed by atoms with E-state index in [9.17, 15) is 18.0 Å². The van der Waals surface area contributed by atoms with Crippen molar-refractivity contribution >= 4 is 39.3 Å². The normalized spacial score (nSPS) is 11.7. The van der Waals surface area contributed by atoms with Crippen LogP contribution in [0, 0.1) is 6.92 Å². The lowest BCUT2D eigenvalue weighted by Crippen LogP contribution is -2.03. The number of ether oxygens (including phenoxy) is 1. The summed E-state index contributed by atoms with van der Waals surface area (Å²) in [5.74, 6) is 0.790. The Labute approximate surface area is 216 Å². The summed E-state index contributed by atoms with van der Waals surface area (Å²) >= 11 is 3.32. The molecule has 0 amide bonds. The number of hydrogen-bond donors (Lipinski definition) is 0. The molecule has 0 N–H and O–H groups in total. The predicted octanol–water partition coefficient (Wildman–Crippen LogP) is 8.12. The summed E-state index contributed by atoms with van der Waals surface area (Å²) in [4.78, 5) is 17.2. The van der Waals surface area contributed by atoms with Gasteiger partial charge in [0.1, 0.15) is 5.01 Å². The molecule has 0 unspecified atom stereocenters. The van der Waals surface area contributed by atoms with Crippen LogP contribution in [0.25, 0.3) is 20.8 Å². The molecule has 4 rings (SSSR count). The Kier molecular flexibility index (Phi) is 8.36. The molecule has 1 heterocycles. The molecule has 0 atom stereocenters. The van der Waals surface area contributed by atoms with Gasteiger partial charge in [0, 0.05) is 16.9 Å². The molecule has 188 valence electrons. The summed E-state index contributed by atoms with van der Waals surface area (Å²) < 4.78 is 44.2. The zero-order valence-corrected chi connectivity index (χ0v) is 21.7. The van der Waals surface area contributed by atoms with Crippen LogP contribution in [0.3, 0.4) is 0 Å². The van der Waals surface area contributed by atoms with Gasteiger partial charge in [-0.2, -0.15) is 13.2 Å². The van der Waals surface area contributed by atoms with Crippen molar-refractivity contribution in [3.8, 4) is 10.6 Å². The molecule has 3 aromatic carbocycles. The molecule has 8 heteroatoms. The predicted molar refractivity (Wildman–Crippen MR) is 141 cm³/mol. The van der Waals surface area contributed by atoms with E-state index >= 15 is 0 Å². The van der Waals surface area contributed by atoms with E-state index in [1.807, 2.05) is 17.8 Å². The molecule has 0 aliphatic rings. The van der Waals surface area contributed by atoms with Gasteiger partial charge >= 0.3 is 12.1 Å². The number of alkyl halides is 3. The minimum absolute atomic E-state index is 0.194. The van der Waals surface area contributed by atoms with Crippen LogP contribution in [0.5, 0.6) is 0 Å². The largest absolute Gasteiger partial charge is 0.469 e. The lowest BCUT2D eigenvalue weighted by atomic mass is 10.0. The van der Waals surface area contributed by atoms with E-state index in [0.717, 1.165) is 46.0 Å². The number of hydrogen-bond acceptors (Lipinski definition) is 5. The molecule has 0 fully saturated rings. The molecule has 36 heavy (non-hydrogen) atoms. The van der Waals surface area contributed by atoms with Crippen molar-refractivity contribution < 1.29 is 22.7 Å². The average Bonchev–Trinajstić information content (AvgIpc) is 3.29. The van der Waals surface area contributed by atoms with Gasteiger partial charge in [0.2, 0.25) is 0 Å². The number of carbonyl (C=O) groups excluding carboxylic acids is 1. The number of methoxy groups -OCH3 is 1. The number of esters is 1. The Morgan fingerprint density at radius 3 is 2.50 bits per heavy atom. The molecule has 0 bridgehead atoms. The molecule has 4 aromatic rings. The molecule has 0 saturated heterocycles. The van der Waals surface area contributed by atoms with Crippen molar-refractivity contribution in [1.29, 1.82) is 0 Å². The van der Waals surface area contributed by atoms with Crippen LogP contribution in [0.15, 0.2) is 65.6 Å². The van der Waals surface area contributed by atoms with Crippen molar-refractivity contribution in [2.75, 3.05) is 12.9 Å². The highest BCUT2D eigenvalue weighted by atomic mass is 32.2. The first kappa shape index (κ1) is 26.2. The number of nitrogens with zero attached hydrogens (tertiary/aromatic N) is 1. The minimum atomic E-state index is -4.34. The van der Waals surface area contributed by atoms with Gasteiger partial charge in [0.05, 0.1) is 22.9 Å². The summed E-state index contributed by atoms with van der Waals surface area (Å²) in [7, 11) is 1.41. The first-order valence-corrected chi connectivity index (χ1v) is 13.4. The Morgan fingerprint density at radius 1 is 1.03 bits per heavy atom. The van der Waals surface area contributed by atoms with Gasteiger partial charge < -0.3 is 4.74 Å². The van der Waals surface area contributed by atoms with Gasteiger partial charge in [-0.05, 0) is 85.0 Å². The molecular weight excluding hydrogens is 503 g/mol. The number of benzene rings is 3. The van der Waals surface area contributed by atoms with Gasteiger partial charge in [0.15, 0.2) is 0 Å². The quantitative estimate of drug-likeness (QED) is 0.125. The van der Waals surface area contributed by atoms with Gasteiger partial charge in [-0.1, -0.05) is 24.3 Å². The number of fused-ring (bicyclic) bond motifs is 1. The third-order valence-electron chi connectivity index (χ3n) is 5.93. The van der Waals surface area contributed by atoms with E-state index in [0.29, 0.717) is 18.4 Å². The highest BCUT2D eigenvalue weighted by Gasteiger charge is 2.30. The highest BCUT2D eigenvalue weighted by Crippen LogP contribution is 2.34. The number of halogens is 3. The van der Waals surface area contributed by atoms with E-state index in [1.165, 1.54) is 52.2 Å². The average molecular weight is 530 g/mol. The zero-order valence-electron chi connectivity index (χ0n) is 20.0. The number of aryl methyl sites for hydroxylation is 3. The molecule has 0 radical (unpaired) electrons. The van der Waals surface area contributed by atoms with E-state index < -0.39 is 11.7 Å². The lowest BCUT2D eigenvalue weighted by molar-refractivity contribution is -0.140. The van der Waals surface area contributed by atoms with Crippen LogP contribution < -0.4 is 0 Å². The molecule has 0 aliphatic carbocycles. The first-order chi connectivity index (χ1) is 17.2. The van der Waals surface area contributed by atoms with Crippen molar-refractivity contribution in [1.82, 2.24) is 4.98 Å². The van der Waals surface area contributed by atoms with E-state index in [4.69, 9.17) is 4.74 Å². The first-order valence-electron chi connectivity index (χ1n) is 11.6. The van der Waals surface area contributed by atoms with Crippen molar-refractivity contribution in [3.63, 3.8) is 0 Å². The topological polar surface area (TPSA) is 39.2 Å². The second kappa shape index (κ2) is 11.5. The fraction of sp³-hybridized carbons (Fsp3) is 0.286. The minimum Gasteiger partial charge on any atom is -0.469 e. The molecule has 0 aliphatic heterocycles. The maximum absolute atomic E-state index is 12.8. The van der Waals surface area contributed by atoms with E-state index in [-0.39, 0.29) is 5.97 Å². The maximum Gasteiger partial charge on any atom is 0.416 e. The Balaban J connectivity index is 1.32. The summed E-state index contributed by atoms with van der Waals surface area (Å²) in [5, 5.41) is 0.719. The molecular formula is C28H26F3NO2S2. The molecule has 0 spiro atoms. The van der Waals surface area contributed by atoms with Crippen LogP contribution >= 0.6 is 23.1 Å². The van der Waals surface area contributed by atoms with E-state index in [1.54, 1.807) is 0 Å².